The Hall–Kier alpha value is -1.90. The average Bonchev–Trinajstić information content (AvgIpc) is 2.70. The molecule has 0 fully saturated rings. The van der Waals surface area contributed by atoms with Crippen LogP contribution in [0.3, 0.4) is 0 Å². The molecule has 3 rings (SSSR count). The van der Waals surface area contributed by atoms with Gasteiger partial charge in [-0.25, -0.2) is 0 Å². The Morgan fingerprint density at radius 3 is 2.44 bits per heavy atom. The van der Waals surface area contributed by atoms with Gasteiger partial charge >= 0.3 is 0 Å². The molecule has 0 saturated carbocycles. The summed E-state index contributed by atoms with van der Waals surface area (Å²) in [5, 5.41) is 0. The first-order valence-corrected chi connectivity index (χ1v) is 6.25. The fourth-order valence-electron chi connectivity index (χ4n) is 2.34. The number of rotatable bonds is 2. The average molecular weight is 243 g/mol. The fourth-order valence-corrected chi connectivity index (χ4v) is 2.34. The molecule has 0 aliphatic carbocycles. The van der Waals surface area contributed by atoms with Crippen LogP contribution in [0.2, 0.25) is 0 Å². The normalized spacial score (nSPS) is 17.8. The molecule has 0 bridgehead atoms. The molecule has 1 unspecified atom stereocenters. The molecule has 2 heterocycles. The van der Waals surface area contributed by atoms with E-state index < -0.39 is 0 Å². The highest BCUT2D eigenvalue weighted by molar-refractivity contribution is 5.40. The molecule has 3 nitrogen and oxygen atoms in total. The lowest BCUT2D eigenvalue weighted by molar-refractivity contribution is 0.0778. The predicted octanol–water partition coefficient (Wildman–Crippen LogP) is 2.94. The van der Waals surface area contributed by atoms with Crippen molar-refractivity contribution in [2.24, 2.45) is 0 Å². The highest BCUT2D eigenvalue weighted by atomic mass is 16.6. The van der Waals surface area contributed by atoms with Gasteiger partial charge in [0.15, 0.2) is 17.6 Å². The van der Waals surface area contributed by atoms with Gasteiger partial charge in [0.1, 0.15) is 6.61 Å². The second-order valence-corrected chi connectivity index (χ2v) is 4.72. The monoisotopic (exact) mass is 243 g/mol. The first kappa shape index (κ1) is 11.2. The number of aromatic nitrogens is 1. The van der Waals surface area contributed by atoms with Crippen LogP contribution >= 0.6 is 0 Å². The van der Waals surface area contributed by atoms with Crippen molar-refractivity contribution in [3.05, 3.63) is 47.8 Å². The molecular formula is C15H17NO2. The Morgan fingerprint density at radius 1 is 1.06 bits per heavy atom. The van der Waals surface area contributed by atoms with Gasteiger partial charge in [-0.05, 0) is 38.1 Å². The number of ether oxygens (including phenoxy) is 2. The zero-order valence-corrected chi connectivity index (χ0v) is 10.7. The minimum absolute atomic E-state index is 0.0738. The van der Waals surface area contributed by atoms with Crippen LogP contribution in [-0.2, 0) is 6.54 Å². The molecule has 1 aliphatic heterocycles. The molecule has 18 heavy (non-hydrogen) atoms. The number of fused-ring (bicyclic) bond motifs is 1. The number of benzene rings is 1. The van der Waals surface area contributed by atoms with Crippen molar-refractivity contribution < 1.29 is 9.47 Å². The smallest absolute Gasteiger partial charge is 0.161 e. The summed E-state index contributed by atoms with van der Waals surface area (Å²) in [6.07, 6.45) is 0.0738. The van der Waals surface area contributed by atoms with Gasteiger partial charge in [-0.15, -0.1) is 0 Å². The minimum Gasteiger partial charge on any atom is -0.486 e. The molecule has 94 valence electrons. The van der Waals surface area contributed by atoms with Crippen LogP contribution in [0.1, 0.15) is 11.4 Å². The van der Waals surface area contributed by atoms with Gasteiger partial charge in [0.25, 0.3) is 0 Å². The quantitative estimate of drug-likeness (QED) is 0.809. The van der Waals surface area contributed by atoms with Crippen molar-refractivity contribution >= 4 is 0 Å². The van der Waals surface area contributed by atoms with E-state index in [2.05, 4.69) is 30.5 Å². The third-order valence-corrected chi connectivity index (χ3v) is 3.37. The Balaban J connectivity index is 1.77. The molecule has 0 radical (unpaired) electrons. The van der Waals surface area contributed by atoms with Gasteiger partial charge in [-0.3, -0.25) is 0 Å². The number of hydrogen-bond acceptors (Lipinski definition) is 2. The predicted molar refractivity (Wildman–Crippen MR) is 70.3 cm³/mol. The van der Waals surface area contributed by atoms with Gasteiger partial charge < -0.3 is 14.0 Å². The highest BCUT2D eigenvalue weighted by Gasteiger charge is 2.21. The first-order valence-electron chi connectivity index (χ1n) is 6.25. The van der Waals surface area contributed by atoms with Crippen molar-refractivity contribution in [1.29, 1.82) is 0 Å². The molecule has 1 aromatic carbocycles. The molecular weight excluding hydrogens is 226 g/mol. The van der Waals surface area contributed by atoms with Crippen molar-refractivity contribution in [3.63, 3.8) is 0 Å². The van der Waals surface area contributed by atoms with Gasteiger partial charge in [0, 0.05) is 11.4 Å². The summed E-state index contributed by atoms with van der Waals surface area (Å²) in [5.74, 6) is 1.69. The molecule has 0 saturated heterocycles. The van der Waals surface area contributed by atoms with Crippen LogP contribution in [-0.4, -0.2) is 17.3 Å². The molecule has 0 N–H and O–H groups in total. The van der Waals surface area contributed by atoms with Crippen molar-refractivity contribution in [3.8, 4) is 11.5 Å². The summed E-state index contributed by atoms with van der Waals surface area (Å²) >= 11 is 0. The summed E-state index contributed by atoms with van der Waals surface area (Å²) in [7, 11) is 0. The van der Waals surface area contributed by atoms with E-state index in [4.69, 9.17) is 9.47 Å². The number of nitrogens with zero attached hydrogens (tertiary/aromatic N) is 1. The lowest BCUT2D eigenvalue weighted by Gasteiger charge is -2.27. The van der Waals surface area contributed by atoms with E-state index in [0.717, 1.165) is 18.0 Å². The maximum Gasteiger partial charge on any atom is 0.161 e. The van der Waals surface area contributed by atoms with Crippen LogP contribution in [0.4, 0.5) is 0 Å². The third kappa shape index (κ3) is 1.96. The van der Waals surface area contributed by atoms with Crippen LogP contribution < -0.4 is 9.47 Å². The molecule has 1 atom stereocenters. The molecule has 2 aromatic rings. The molecule has 1 aromatic heterocycles. The SMILES string of the molecule is Cc1ccc(C)n1CC1COc2ccccc2O1. The summed E-state index contributed by atoms with van der Waals surface area (Å²) in [6, 6.07) is 12.1. The Labute approximate surface area is 107 Å². The maximum atomic E-state index is 5.97. The number of hydrogen-bond donors (Lipinski definition) is 0. The third-order valence-electron chi connectivity index (χ3n) is 3.37. The largest absolute Gasteiger partial charge is 0.486 e. The topological polar surface area (TPSA) is 23.4 Å². The highest BCUT2D eigenvalue weighted by Crippen LogP contribution is 2.31. The van der Waals surface area contributed by atoms with Crippen LogP contribution in [0, 0.1) is 13.8 Å². The number of para-hydroxylation sites is 2. The molecule has 1 aliphatic rings. The lowest BCUT2D eigenvalue weighted by atomic mass is 10.2. The van der Waals surface area contributed by atoms with E-state index in [0.29, 0.717) is 6.61 Å². The maximum absolute atomic E-state index is 5.97. The van der Waals surface area contributed by atoms with Crippen molar-refractivity contribution in [2.75, 3.05) is 6.61 Å². The summed E-state index contributed by atoms with van der Waals surface area (Å²) in [5.41, 5.74) is 2.52. The van der Waals surface area contributed by atoms with E-state index in [1.165, 1.54) is 11.4 Å². The summed E-state index contributed by atoms with van der Waals surface area (Å²) in [4.78, 5) is 0. The van der Waals surface area contributed by atoms with Crippen LogP contribution in [0.25, 0.3) is 0 Å². The van der Waals surface area contributed by atoms with Gasteiger partial charge in [0.2, 0.25) is 0 Å². The van der Waals surface area contributed by atoms with Crippen molar-refractivity contribution in [1.82, 2.24) is 4.57 Å². The fraction of sp³-hybridized carbons (Fsp3) is 0.333. The second-order valence-electron chi connectivity index (χ2n) is 4.72. The lowest BCUT2D eigenvalue weighted by Crippen LogP contribution is -2.33. The number of aryl methyl sites for hydroxylation is 2. The van der Waals surface area contributed by atoms with E-state index in [9.17, 15) is 0 Å². The Kier molecular flexibility index (Phi) is 2.74. The van der Waals surface area contributed by atoms with E-state index in [1.54, 1.807) is 0 Å². The van der Waals surface area contributed by atoms with E-state index in [-0.39, 0.29) is 6.10 Å². The van der Waals surface area contributed by atoms with Gasteiger partial charge in [-0.1, -0.05) is 12.1 Å². The Bertz CT molecular complexity index is 540. The molecule has 0 spiro atoms. The van der Waals surface area contributed by atoms with E-state index in [1.807, 2.05) is 24.3 Å². The zero-order chi connectivity index (χ0) is 12.5. The zero-order valence-electron chi connectivity index (χ0n) is 10.7. The van der Waals surface area contributed by atoms with Crippen LogP contribution in [0.15, 0.2) is 36.4 Å². The van der Waals surface area contributed by atoms with Crippen molar-refractivity contribution in [2.45, 2.75) is 26.5 Å². The standard InChI is InChI=1S/C15H17NO2/c1-11-7-8-12(2)16(11)9-13-10-17-14-5-3-4-6-15(14)18-13/h3-8,13H,9-10H2,1-2H3. The van der Waals surface area contributed by atoms with Gasteiger partial charge in [-0.2, -0.15) is 0 Å². The van der Waals surface area contributed by atoms with Crippen LogP contribution in [0.5, 0.6) is 11.5 Å². The minimum atomic E-state index is 0.0738. The van der Waals surface area contributed by atoms with E-state index >= 15 is 0 Å². The second kappa shape index (κ2) is 4.41. The Morgan fingerprint density at radius 2 is 1.72 bits per heavy atom. The van der Waals surface area contributed by atoms with Gasteiger partial charge in [0.05, 0.1) is 6.54 Å². The molecule has 3 heteroatoms. The molecule has 0 amide bonds. The summed E-state index contributed by atoms with van der Waals surface area (Å²) in [6.45, 7) is 5.67. The summed E-state index contributed by atoms with van der Waals surface area (Å²) < 4.78 is 14.0. The first-order chi connectivity index (χ1) is 8.74.